The van der Waals surface area contributed by atoms with Crippen LogP contribution in [0.25, 0.3) is 0 Å². The Morgan fingerprint density at radius 3 is 2.90 bits per heavy atom. The molecule has 104 valence electrons. The summed E-state index contributed by atoms with van der Waals surface area (Å²) < 4.78 is 5.96. The zero-order valence-electron chi connectivity index (χ0n) is 9.71. The molecule has 0 saturated heterocycles. The quantitative estimate of drug-likeness (QED) is 0.489. The Kier molecular flexibility index (Phi) is 4.32. The molecule has 0 spiro atoms. The number of rotatable bonds is 4. The van der Waals surface area contributed by atoms with Crippen LogP contribution in [0, 0.1) is 10.1 Å². The Morgan fingerprint density at radius 2 is 2.25 bits per heavy atom. The van der Waals surface area contributed by atoms with Crippen LogP contribution in [0.4, 0.5) is 11.6 Å². The molecule has 0 fully saturated rings. The summed E-state index contributed by atoms with van der Waals surface area (Å²) >= 11 is 9.11. The summed E-state index contributed by atoms with van der Waals surface area (Å²) in [5, 5.41) is 10.9. The Balaban J connectivity index is 2.38. The summed E-state index contributed by atoms with van der Waals surface area (Å²) in [5.41, 5.74) is 2.12. The molecule has 10 heteroatoms. The average Bonchev–Trinajstić information content (AvgIpc) is 2.43. The third-order valence-corrected chi connectivity index (χ3v) is 3.09. The van der Waals surface area contributed by atoms with Gasteiger partial charge in [0, 0.05) is 6.07 Å². The standard InChI is InChI=1S/C10H7BrClN5O3/c11-6-2-1-5(17(18)19)3-8(6)20-9-7(12)4-14-10(15-9)16-13/h1-4H,13H2,(H,14,15,16). The zero-order chi connectivity index (χ0) is 14.7. The Labute approximate surface area is 126 Å². The third-order valence-electron chi connectivity index (χ3n) is 2.17. The van der Waals surface area contributed by atoms with Gasteiger partial charge in [-0.05, 0) is 22.0 Å². The molecular formula is C10H7BrClN5O3. The number of nitro groups is 1. The molecule has 2 rings (SSSR count). The topological polar surface area (TPSA) is 116 Å². The number of nitro benzene ring substituents is 1. The second-order valence-electron chi connectivity index (χ2n) is 3.46. The van der Waals surface area contributed by atoms with Crippen LogP contribution in [-0.2, 0) is 0 Å². The van der Waals surface area contributed by atoms with Gasteiger partial charge in [-0.2, -0.15) is 4.98 Å². The first-order chi connectivity index (χ1) is 9.51. The molecule has 0 bridgehead atoms. The Bertz CT molecular complexity index is 669. The SMILES string of the molecule is NNc1ncc(Cl)c(Oc2cc([N+](=O)[O-])ccc2Br)n1. The fraction of sp³-hybridized carbons (Fsp3) is 0. The number of hydrogen-bond donors (Lipinski definition) is 2. The molecule has 0 atom stereocenters. The van der Waals surface area contributed by atoms with E-state index in [0.717, 1.165) is 0 Å². The molecular weight excluding hydrogens is 353 g/mol. The molecule has 0 unspecified atom stereocenters. The smallest absolute Gasteiger partial charge is 0.273 e. The number of hydrazine groups is 1. The molecule has 3 N–H and O–H groups in total. The summed E-state index contributed by atoms with van der Waals surface area (Å²) in [6, 6.07) is 4.08. The van der Waals surface area contributed by atoms with E-state index in [-0.39, 0.29) is 28.3 Å². The third kappa shape index (κ3) is 3.13. The predicted octanol–water partition coefficient (Wildman–Crippen LogP) is 2.88. The van der Waals surface area contributed by atoms with E-state index >= 15 is 0 Å². The summed E-state index contributed by atoms with van der Waals surface area (Å²) in [4.78, 5) is 17.9. The number of nitrogen functional groups attached to an aromatic ring is 1. The van der Waals surface area contributed by atoms with Crippen LogP contribution in [0.2, 0.25) is 5.02 Å². The number of benzene rings is 1. The van der Waals surface area contributed by atoms with E-state index in [1.54, 1.807) is 0 Å². The van der Waals surface area contributed by atoms with Crippen LogP contribution >= 0.6 is 27.5 Å². The number of nitrogens with two attached hydrogens (primary N) is 1. The highest BCUT2D eigenvalue weighted by atomic mass is 79.9. The highest BCUT2D eigenvalue weighted by Gasteiger charge is 2.14. The van der Waals surface area contributed by atoms with Gasteiger partial charge in [-0.3, -0.25) is 15.5 Å². The lowest BCUT2D eigenvalue weighted by atomic mass is 10.3. The van der Waals surface area contributed by atoms with Gasteiger partial charge in [0.15, 0.2) is 5.75 Å². The van der Waals surface area contributed by atoms with E-state index in [1.165, 1.54) is 24.4 Å². The van der Waals surface area contributed by atoms with Gasteiger partial charge in [-0.1, -0.05) is 11.6 Å². The number of aromatic nitrogens is 2. The lowest BCUT2D eigenvalue weighted by Crippen LogP contribution is -2.10. The minimum atomic E-state index is -0.534. The van der Waals surface area contributed by atoms with Crippen LogP contribution < -0.4 is 16.0 Å². The van der Waals surface area contributed by atoms with Crippen LogP contribution in [-0.4, -0.2) is 14.9 Å². The van der Waals surface area contributed by atoms with Gasteiger partial charge < -0.3 is 4.74 Å². The van der Waals surface area contributed by atoms with E-state index in [9.17, 15) is 10.1 Å². The fourth-order valence-electron chi connectivity index (χ4n) is 1.28. The second kappa shape index (κ2) is 5.99. The molecule has 0 aliphatic heterocycles. The highest BCUT2D eigenvalue weighted by molar-refractivity contribution is 9.10. The first-order valence-corrected chi connectivity index (χ1v) is 6.29. The van der Waals surface area contributed by atoms with Crippen molar-refractivity contribution >= 4 is 39.2 Å². The monoisotopic (exact) mass is 359 g/mol. The summed E-state index contributed by atoms with van der Waals surface area (Å²) in [5.74, 6) is 5.51. The van der Waals surface area contributed by atoms with Crippen molar-refractivity contribution in [1.82, 2.24) is 9.97 Å². The van der Waals surface area contributed by atoms with Gasteiger partial charge in [-0.25, -0.2) is 10.8 Å². The highest BCUT2D eigenvalue weighted by Crippen LogP contribution is 2.34. The van der Waals surface area contributed by atoms with Crippen molar-refractivity contribution in [2.45, 2.75) is 0 Å². The van der Waals surface area contributed by atoms with Crippen molar-refractivity contribution in [1.29, 1.82) is 0 Å². The van der Waals surface area contributed by atoms with Crippen molar-refractivity contribution in [3.05, 3.63) is 44.0 Å². The van der Waals surface area contributed by atoms with Crippen molar-refractivity contribution in [2.24, 2.45) is 5.84 Å². The zero-order valence-corrected chi connectivity index (χ0v) is 12.1. The number of ether oxygens (including phenoxy) is 1. The number of anilines is 1. The minimum absolute atomic E-state index is 0.0239. The summed E-state index contributed by atoms with van der Waals surface area (Å²) in [7, 11) is 0. The maximum atomic E-state index is 10.7. The lowest BCUT2D eigenvalue weighted by molar-refractivity contribution is -0.384. The second-order valence-corrected chi connectivity index (χ2v) is 4.73. The van der Waals surface area contributed by atoms with Crippen LogP contribution in [0.1, 0.15) is 0 Å². The normalized spacial score (nSPS) is 10.2. The van der Waals surface area contributed by atoms with Crippen molar-refractivity contribution in [3.63, 3.8) is 0 Å². The van der Waals surface area contributed by atoms with E-state index < -0.39 is 4.92 Å². The van der Waals surface area contributed by atoms with Crippen molar-refractivity contribution in [3.8, 4) is 11.6 Å². The number of hydrogen-bond acceptors (Lipinski definition) is 7. The van der Waals surface area contributed by atoms with E-state index in [1.807, 2.05) is 0 Å². The number of non-ortho nitro benzene ring substituents is 1. The molecule has 1 aromatic carbocycles. The lowest BCUT2D eigenvalue weighted by Gasteiger charge is -2.08. The maximum Gasteiger partial charge on any atom is 0.273 e. The average molecular weight is 361 g/mol. The van der Waals surface area contributed by atoms with Gasteiger partial charge in [0.1, 0.15) is 5.02 Å². The van der Waals surface area contributed by atoms with Crippen LogP contribution in [0.15, 0.2) is 28.9 Å². The molecule has 8 nitrogen and oxygen atoms in total. The Hall–Kier alpha value is -1.97. The molecule has 1 aromatic heterocycles. The predicted molar refractivity (Wildman–Crippen MR) is 75.7 cm³/mol. The number of halogens is 2. The van der Waals surface area contributed by atoms with Gasteiger partial charge in [0.05, 0.1) is 21.7 Å². The van der Waals surface area contributed by atoms with E-state index in [4.69, 9.17) is 22.2 Å². The molecule has 2 aromatic rings. The summed E-state index contributed by atoms with van der Waals surface area (Å²) in [6.07, 6.45) is 1.30. The molecule has 20 heavy (non-hydrogen) atoms. The van der Waals surface area contributed by atoms with Gasteiger partial charge >= 0.3 is 0 Å². The largest absolute Gasteiger partial charge is 0.436 e. The van der Waals surface area contributed by atoms with E-state index in [0.29, 0.717) is 4.47 Å². The van der Waals surface area contributed by atoms with Gasteiger partial charge in [0.2, 0.25) is 11.8 Å². The molecule has 0 saturated carbocycles. The van der Waals surface area contributed by atoms with Crippen LogP contribution in [0.3, 0.4) is 0 Å². The molecule has 0 aliphatic carbocycles. The van der Waals surface area contributed by atoms with Crippen molar-refractivity contribution in [2.75, 3.05) is 5.43 Å². The van der Waals surface area contributed by atoms with E-state index in [2.05, 4.69) is 31.3 Å². The molecule has 0 amide bonds. The van der Waals surface area contributed by atoms with Crippen molar-refractivity contribution < 1.29 is 9.66 Å². The maximum absolute atomic E-state index is 10.7. The molecule has 0 radical (unpaired) electrons. The molecule has 1 heterocycles. The summed E-state index contributed by atoms with van der Waals surface area (Å²) in [6.45, 7) is 0. The van der Waals surface area contributed by atoms with Gasteiger partial charge in [0.25, 0.3) is 5.69 Å². The molecule has 0 aliphatic rings. The fourth-order valence-corrected chi connectivity index (χ4v) is 1.74. The van der Waals surface area contributed by atoms with Gasteiger partial charge in [-0.15, -0.1) is 0 Å². The first-order valence-electron chi connectivity index (χ1n) is 5.12. The van der Waals surface area contributed by atoms with Crippen LogP contribution in [0.5, 0.6) is 11.6 Å². The number of nitrogens with one attached hydrogen (secondary N) is 1. The Morgan fingerprint density at radius 1 is 1.50 bits per heavy atom. The first kappa shape index (κ1) is 14.4. The number of nitrogens with zero attached hydrogens (tertiary/aromatic N) is 3. The minimum Gasteiger partial charge on any atom is -0.436 e.